The number of carbonyl (C=O) groups excluding carboxylic acids is 1. The number of aromatic hydroxyl groups is 1. The van der Waals surface area contributed by atoms with Gasteiger partial charge in [-0.1, -0.05) is 6.07 Å². The Morgan fingerprint density at radius 2 is 2.03 bits per heavy atom. The molecule has 0 atom stereocenters. The molecule has 10 heteroatoms. The van der Waals surface area contributed by atoms with Crippen LogP contribution in [-0.4, -0.2) is 30.3 Å². The maximum atomic E-state index is 13.9. The Labute approximate surface area is 193 Å². The predicted octanol–water partition coefficient (Wildman–Crippen LogP) is 4.04. The summed E-state index contributed by atoms with van der Waals surface area (Å²) >= 11 is 0. The van der Waals surface area contributed by atoms with Crippen LogP contribution < -0.4 is 10.9 Å². The first-order valence-corrected chi connectivity index (χ1v) is 10.3. The second-order valence-corrected chi connectivity index (χ2v) is 8.69. The van der Waals surface area contributed by atoms with Crippen molar-refractivity contribution in [2.24, 2.45) is 0 Å². The minimum Gasteiger partial charge on any atom is -0.516 e. The molecule has 172 valence electrons. The smallest absolute Gasteiger partial charge is 0.263 e. The van der Waals surface area contributed by atoms with Crippen LogP contribution in [0.3, 0.4) is 0 Å². The van der Waals surface area contributed by atoms with Gasteiger partial charge in [0.1, 0.15) is 0 Å². The zero-order valence-corrected chi connectivity index (χ0v) is 18.7. The van der Waals surface area contributed by atoms with Crippen molar-refractivity contribution >= 4 is 28.2 Å². The van der Waals surface area contributed by atoms with Crippen LogP contribution in [0.25, 0.3) is 15.7 Å². The molecule has 0 aliphatic heterocycles. The third-order valence-corrected chi connectivity index (χ3v) is 5.19. The molecular weight excluding hydrogens is 439 g/mol. The summed E-state index contributed by atoms with van der Waals surface area (Å²) in [7, 11) is 0. The summed E-state index contributed by atoms with van der Waals surface area (Å²) in [5.74, 6) is -2.65. The van der Waals surface area contributed by atoms with Gasteiger partial charge in [-0.2, -0.15) is 5.10 Å². The van der Waals surface area contributed by atoms with Crippen molar-refractivity contribution in [2.45, 2.75) is 32.9 Å². The molecule has 0 aliphatic carbocycles. The highest BCUT2D eigenvalue weighted by Gasteiger charge is 2.18. The molecule has 0 spiro atoms. The molecule has 2 heterocycles. The van der Waals surface area contributed by atoms with Gasteiger partial charge in [-0.05, 0) is 51.1 Å². The lowest BCUT2D eigenvalue weighted by molar-refractivity contribution is 0.102. The Kier molecular flexibility index (Phi) is 5.63. The van der Waals surface area contributed by atoms with Crippen molar-refractivity contribution in [3.8, 4) is 5.75 Å². The van der Waals surface area contributed by atoms with Crippen molar-refractivity contribution in [1.82, 2.24) is 19.3 Å². The van der Waals surface area contributed by atoms with Crippen molar-refractivity contribution in [3.05, 3.63) is 87.8 Å². The van der Waals surface area contributed by atoms with Gasteiger partial charge < -0.3 is 10.4 Å². The molecule has 2 aromatic carbocycles. The summed E-state index contributed by atoms with van der Waals surface area (Å²) in [6.07, 6.45) is 3.26. The molecule has 0 saturated carbocycles. The second-order valence-electron chi connectivity index (χ2n) is 8.69. The third-order valence-electron chi connectivity index (χ3n) is 5.19. The summed E-state index contributed by atoms with van der Waals surface area (Å²) in [6, 6.07) is 8.53. The van der Waals surface area contributed by atoms with Crippen LogP contribution in [0.15, 0.2) is 53.7 Å². The van der Waals surface area contributed by atoms with Crippen LogP contribution in [0.2, 0.25) is 0 Å². The average Bonchev–Trinajstić information content (AvgIpc) is 3.27. The topological polar surface area (TPSA) is 106 Å². The van der Waals surface area contributed by atoms with E-state index in [1.54, 1.807) is 12.1 Å². The molecule has 0 bridgehead atoms. The molecule has 4 rings (SSSR count). The number of nitrogens with one attached hydrogen (secondary N) is 1. The van der Waals surface area contributed by atoms with Crippen molar-refractivity contribution in [2.75, 3.05) is 5.32 Å². The Hall–Kier alpha value is -4.52. The minimum atomic E-state index is -1.09. The zero-order valence-electron chi connectivity index (χ0n) is 18.7. The number of aromatic nitrogens is 4. The molecule has 2 N–H and O–H groups in total. The van der Waals surface area contributed by atoms with Gasteiger partial charge in [0.2, 0.25) is 5.69 Å². The summed E-state index contributed by atoms with van der Waals surface area (Å²) in [5, 5.41) is 16.9. The van der Waals surface area contributed by atoms with Crippen LogP contribution >= 0.6 is 0 Å². The first-order chi connectivity index (χ1) is 16.1. The number of carbonyl (C=O) groups is 1. The SMILES string of the molecule is [C-]#[N+]c1cc(C(=O)Nc2cccc3ncn(Cc4ccn(C(C)(C)C)n4)c(=O)c23)cc(F)c1O. The summed E-state index contributed by atoms with van der Waals surface area (Å²) in [5.41, 5.74) is 0.0849. The minimum absolute atomic E-state index is 0.171. The average molecular weight is 460 g/mol. The number of halogens is 1. The largest absolute Gasteiger partial charge is 0.516 e. The number of phenolic OH excluding ortho intramolecular Hbond substituents is 1. The Morgan fingerprint density at radius 1 is 1.26 bits per heavy atom. The lowest BCUT2D eigenvalue weighted by Crippen LogP contribution is -2.25. The van der Waals surface area contributed by atoms with Crippen molar-refractivity contribution in [1.29, 1.82) is 0 Å². The van der Waals surface area contributed by atoms with E-state index in [4.69, 9.17) is 6.57 Å². The number of hydrogen-bond acceptors (Lipinski definition) is 5. The van der Waals surface area contributed by atoms with Crippen LogP contribution in [0.4, 0.5) is 15.8 Å². The molecule has 1 amide bonds. The van der Waals surface area contributed by atoms with E-state index in [1.807, 2.05) is 37.7 Å². The van der Waals surface area contributed by atoms with Gasteiger partial charge in [0.15, 0.2) is 11.6 Å². The van der Waals surface area contributed by atoms with E-state index in [2.05, 4.69) is 20.2 Å². The molecular formula is C24H21FN6O3. The monoisotopic (exact) mass is 460 g/mol. The highest BCUT2D eigenvalue weighted by molar-refractivity contribution is 6.09. The van der Waals surface area contributed by atoms with Gasteiger partial charge in [-0.3, -0.25) is 18.8 Å². The van der Waals surface area contributed by atoms with Gasteiger partial charge in [-0.15, -0.1) is 0 Å². The van der Waals surface area contributed by atoms with Gasteiger partial charge >= 0.3 is 0 Å². The van der Waals surface area contributed by atoms with E-state index in [0.29, 0.717) is 11.2 Å². The van der Waals surface area contributed by atoms with E-state index in [9.17, 15) is 19.1 Å². The molecule has 0 unspecified atom stereocenters. The number of rotatable bonds is 4. The number of fused-ring (bicyclic) bond motifs is 1. The number of amides is 1. The van der Waals surface area contributed by atoms with Crippen LogP contribution in [0.1, 0.15) is 36.8 Å². The summed E-state index contributed by atoms with van der Waals surface area (Å²) in [4.78, 5) is 33.4. The van der Waals surface area contributed by atoms with Gasteiger partial charge in [0.05, 0.1) is 47.3 Å². The highest BCUT2D eigenvalue weighted by atomic mass is 19.1. The molecule has 4 aromatic rings. The standard InChI is InChI=1S/C24H21FN6O3/c1-24(2,3)31-9-8-15(29-31)12-30-13-27-17-6-5-7-18(20(17)23(30)34)28-22(33)14-10-16(25)21(32)19(11-14)26-4/h5-11,13,32H,12H2,1-3H3,(H,28,33). The summed E-state index contributed by atoms with van der Waals surface area (Å²) in [6.45, 7) is 13.3. The first kappa shape index (κ1) is 22.7. The fraction of sp³-hybridized carbons (Fsp3) is 0.208. The van der Waals surface area contributed by atoms with Gasteiger partial charge in [0, 0.05) is 11.8 Å². The number of nitrogens with zero attached hydrogens (tertiary/aromatic N) is 5. The Morgan fingerprint density at radius 3 is 2.71 bits per heavy atom. The predicted molar refractivity (Wildman–Crippen MR) is 125 cm³/mol. The highest BCUT2D eigenvalue weighted by Crippen LogP contribution is 2.31. The second kappa shape index (κ2) is 8.44. The number of benzene rings is 2. The fourth-order valence-corrected chi connectivity index (χ4v) is 3.41. The lowest BCUT2D eigenvalue weighted by atomic mass is 10.1. The summed E-state index contributed by atoms with van der Waals surface area (Å²) < 4.78 is 17.1. The Balaban J connectivity index is 1.70. The number of phenols is 1. The number of anilines is 1. The molecule has 0 radical (unpaired) electrons. The van der Waals surface area contributed by atoms with Crippen LogP contribution in [0.5, 0.6) is 5.75 Å². The fourth-order valence-electron chi connectivity index (χ4n) is 3.41. The van der Waals surface area contributed by atoms with Crippen molar-refractivity contribution < 1.29 is 14.3 Å². The van der Waals surface area contributed by atoms with E-state index in [-0.39, 0.29) is 40.0 Å². The molecule has 0 saturated heterocycles. The number of hydrogen-bond donors (Lipinski definition) is 2. The Bertz CT molecular complexity index is 1520. The van der Waals surface area contributed by atoms with Gasteiger partial charge in [-0.25, -0.2) is 14.2 Å². The van der Waals surface area contributed by atoms with E-state index in [0.717, 1.165) is 12.1 Å². The van der Waals surface area contributed by atoms with Crippen LogP contribution in [-0.2, 0) is 12.1 Å². The molecule has 0 aliphatic rings. The van der Waals surface area contributed by atoms with Crippen LogP contribution in [0, 0.1) is 12.4 Å². The zero-order chi connectivity index (χ0) is 24.6. The normalized spacial score (nSPS) is 11.4. The van der Waals surface area contributed by atoms with Gasteiger partial charge in [0.25, 0.3) is 11.5 Å². The van der Waals surface area contributed by atoms with Crippen molar-refractivity contribution in [3.63, 3.8) is 0 Å². The first-order valence-electron chi connectivity index (χ1n) is 10.3. The van der Waals surface area contributed by atoms with E-state index < -0.39 is 17.5 Å². The van der Waals surface area contributed by atoms with E-state index in [1.165, 1.54) is 17.0 Å². The molecule has 34 heavy (non-hydrogen) atoms. The van der Waals surface area contributed by atoms with E-state index >= 15 is 0 Å². The maximum absolute atomic E-state index is 13.9. The lowest BCUT2D eigenvalue weighted by Gasteiger charge is -2.18. The quantitative estimate of drug-likeness (QED) is 0.447. The molecule has 2 aromatic heterocycles. The third kappa shape index (κ3) is 4.23. The molecule has 9 nitrogen and oxygen atoms in total. The maximum Gasteiger partial charge on any atom is 0.263 e. The molecule has 0 fully saturated rings.